The van der Waals surface area contributed by atoms with Crippen molar-refractivity contribution in [2.45, 2.75) is 53.5 Å². The average molecular weight is 250 g/mol. The second-order valence-corrected chi connectivity index (χ2v) is 4.70. The van der Waals surface area contributed by atoms with Gasteiger partial charge in [0.15, 0.2) is 0 Å². The van der Waals surface area contributed by atoms with Crippen LogP contribution in [-0.4, -0.2) is 18.1 Å². The van der Waals surface area contributed by atoms with E-state index in [1.807, 2.05) is 6.92 Å². The van der Waals surface area contributed by atoms with Gasteiger partial charge in [-0.15, -0.1) is 0 Å². The van der Waals surface area contributed by atoms with Crippen LogP contribution in [0.25, 0.3) is 0 Å². The fourth-order valence-corrected chi connectivity index (χ4v) is 1.93. The van der Waals surface area contributed by atoms with E-state index in [4.69, 9.17) is 4.74 Å². The number of hydrogen-bond donors (Lipinski definition) is 1. The zero-order chi connectivity index (χ0) is 13.4. The van der Waals surface area contributed by atoms with E-state index in [1.54, 1.807) is 0 Å². The Hall–Kier alpha value is -1.09. The predicted octanol–water partition coefficient (Wildman–Crippen LogP) is 3.38. The second kappa shape index (κ2) is 8.09. The molecule has 0 radical (unpaired) electrons. The number of unbranched alkanes of at least 4 members (excludes halogenated alkanes) is 2. The van der Waals surface area contributed by atoms with Crippen LogP contribution >= 0.6 is 0 Å². The van der Waals surface area contributed by atoms with Gasteiger partial charge in [0, 0.05) is 17.8 Å². The smallest absolute Gasteiger partial charge is 0.218 e. The minimum Gasteiger partial charge on any atom is -0.477 e. The van der Waals surface area contributed by atoms with E-state index in [9.17, 15) is 0 Å². The molecule has 0 fully saturated rings. The molecule has 102 valence electrons. The minimum atomic E-state index is 0.767. The molecule has 1 aromatic heterocycles. The average Bonchev–Trinajstić information content (AvgIpc) is 2.33. The number of pyridine rings is 1. The predicted molar refractivity (Wildman–Crippen MR) is 76.1 cm³/mol. The summed E-state index contributed by atoms with van der Waals surface area (Å²) in [4.78, 5) is 4.52. The van der Waals surface area contributed by atoms with E-state index in [0.717, 1.165) is 37.7 Å². The summed E-state index contributed by atoms with van der Waals surface area (Å²) >= 11 is 0. The lowest BCUT2D eigenvalue weighted by Crippen LogP contribution is -2.15. The van der Waals surface area contributed by atoms with Crippen LogP contribution in [0.15, 0.2) is 6.07 Å². The summed E-state index contributed by atoms with van der Waals surface area (Å²) in [6.45, 7) is 11.0. The first-order valence-electron chi connectivity index (χ1n) is 6.99. The zero-order valence-corrected chi connectivity index (χ0v) is 12.2. The Bertz CT molecular complexity index is 364. The van der Waals surface area contributed by atoms with Crippen molar-refractivity contribution < 1.29 is 4.74 Å². The summed E-state index contributed by atoms with van der Waals surface area (Å²) in [6.07, 6.45) is 3.53. The third kappa shape index (κ3) is 4.65. The van der Waals surface area contributed by atoms with Gasteiger partial charge < -0.3 is 10.1 Å². The number of aryl methyl sites for hydroxylation is 2. The molecule has 1 aromatic rings. The Morgan fingerprint density at radius 3 is 2.67 bits per heavy atom. The number of ether oxygens (including phenoxy) is 1. The summed E-state index contributed by atoms with van der Waals surface area (Å²) in [5, 5.41) is 3.35. The van der Waals surface area contributed by atoms with Crippen molar-refractivity contribution in [2.75, 3.05) is 13.2 Å². The van der Waals surface area contributed by atoms with E-state index < -0.39 is 0 Å². The standard InChI is InChI=1S/C15H26N2O/c1-5-7-8-9-18-15-14(11-16-6-2)12(3)10-13(4)17-15/h10,16H,5-9,11H2,1-4H3. The van der Waals surface area contributed by atoms with Crippen molar-refractivity contribution in [2.24, 2.45) is 0 Å². The quantitative estimate of drug-likeness (QED) is 0.718. The van der Waals surface area contributed by atoms with Crippen LogP contribution in [0, 0.1) is 13.8 Å². The molecular weight excluding hydrogens is 224 g/mol. The van der Waals surface area contributed by atoms with Crippen molar-refractivity contribution in [3.05, 3.63) is 22.9 Å². The molecule has 0 spiro atoms. The summed E-state index contributed by atoms with van der Waals surface area (Å²) < 4.78 is 5.85. The van der Waals surface area contributed by atoms with Crippen molar-refractivity contribution in [3.63, 3.8) is 0 Å². The Morgan fingerprint density at radius 2 is 2.00 bits per heavy atom. The first-order valence-corrected chi connectivity index (χ1v) is 6.99. The van der Waals surface area contributed by atoms with Crippen LogP contribution in [-0.2, 0) is 6.54 Å². The highest BCUT2D eigenvalue weighted by molar-refractivity contribution is 5.35. The van der Waals surface area contributed by atoms with E-state index in [0.29, 0.717) is 0 Å². The molecule has 0 aliphatic carbocycles. The van der Waals surface area contributed by atoms with E-state index in [-0.39, 0.29) is 0 Å². The molecular formula is C15H26N2O. The van der Waals surface area contributed by atoms with Gasteiger partial charge in [-0.2, -0.15) is 0 Å². The molecule has 1 rings (SSSR count). The molecule has 0 bridgehead atoms. The third-order valence-electron chi connectivity index (χ3n) is 2.98. The Morgan fingerprint density at radius 1 is 1.22 bits per heavy atom. The van der Waals surface area contributed by atoms with Gasteiger partial charge in [-0.05, 0) is 38.4 Å². The lowest BCUT2D eigenvalue weighted by Gasteiger charge is -2.14. The maximum atomic E-state index is 5.85. The number of rotatable bonds is 8. The van der Waals surface area contributed by atoms with Crippen LogP contribution < -0.4 is 10.1 Å². The summed E-state index contributed by atoms with van der Waals surface area (Å²) in [7, 11) is 0. The Balaban J connectivity index is 2.72. The van der Waals surface area contributed by atoms with Gasteiger partial charge in [-0.3, -0.25) is 0 Å². The van der Waals surface area contributed by atoms with Crippen LogP contribution in [0.1, 0.15) is 49.9 Å². The van der Waals surface area contributed by atoms with E-state index >= 15 is 0 Å². The van der Waals surface area contributed by atoms with Gasteiger partial charge in [-0.1, -0.05) is 26.7 Å². The monoisotopic (exact) mass is 250 g/mol. The lowest BCUT2D eigenvalue weighted by molar-refractivity contribution is 0.290. The Labute approximate surface area is 111 Å². The minimum absolute atomic E-state index is 0.767. The maximum Gasteiger partial charge on any atom is 0.218 e. The number of nitrogens with zero attached hydrogens (tertiary/aromatic N) is 1. The van der Waals surface area contributed by atoms with Gasteiger partial charge in [0.25, 0.3) is 0 Å². The van der Waals surface area contributed by atoms with Crippen LogP contribution in [0.3, 0.4) is 0 Å². The highest BCUT2D eigenvalue weighted by Gasteiger charge is 2.09. The van der Waals surface area contributed by atoms with Gasteiger partial charge >= 0.3 is 0 Å². The highest BCUT2D eigenvalue weighted by atomic mass is 16.5. The first kappa shape index (κ1) is 15.0. The normalized spacial score (nSPS) is 10.7. The number of nitrogens with one attached hydrogen (secondary N) is 1. The molecule has 0 unspecified atom stereocenters. The van der Waals surface area contributed by atoms with Crippen LogP contribution in [0.5, 0.6) is 5.88 Å². The van der Waals surface area contributed by atoms with Crippen LogP contribution in [0.2, 0.25) is 0 Å². The fraction of sp³-hybridized carbons (Fsp3) is 0.667. The molecule has 3 heteroatoms. The molecule has 1 N–H and O–H groups in total. The largest absolute Gasteiger partial charge is 0.477 e. The molecule has 0 amide bonds. The molecule has 1 heterocycles. The molecule has 0 saturated carbocycles. The van der Waals surface area contributed by atoms with Gasteiger partial charge in [0.1, 0.15) is 0 Å². The maximum absolute atomic E-state index is 5.85. The summed E-state index contributed by atoms with van der Waals surface area (Å²) in [5.74, 6) is 0.810. The third-order valence-corrected chi connectivity index (χ3v) is 2.98. The molecule has 0 aliphatic rings. The topological polar surface area (TPSA) is 34.1 Å². The summed E-state index contributed by atoms with van der Waals surface area (Å²) in [5.41, 5.74) is 3.48. The van der Waals surface area contributed by atoms with Crippen molar-refractivity contribution >= 4 is 0 Å². The molecule has 0 saturated heterocycles. The number of hydrogen-bond acceptors (Lipinski definition) is 3. The zero-order valence-electron chi connectivity index (χ0n) is 12.2. The summed E-state index contributed by atoms with van der Waals surface area (Å²) in [6, 6.07) is 2.12. The first-order chi connectivity index (χ1) is 8.69. The second-order valence-electron chi connectivity index (χ2n) is 4.70. The van der Waals surface area contributed by atoms with Crippen LogP contribution in [0.4, 0.5) is 0 Å². The van der Waals surface area contributed by atoms with E-state index in [1.165, 1.54) is 24.0 Å². The highest BCUT2D eigenvalue weighted by Crippen LogP contribution is 2.21. The van der Waals surface area contributed by atoms with Gasteiger partial charge in [-0.25, -0.2) is 4.98 Å². The van der Waals surface area contributed by atoms with Crippen molar-refractivity contribution in [1.82, 2.24) is 10.3 Å². The Kier molecular flexibility index (Phi) is 6.73. The lowest BCUT2D eigenvalue weighted by atomic mass is 10.1. The van der Waals surface area contributed by atoms with Crippen molar-refractivity contribution in [1.29, 1.82) is 0 Å². The van der Waals surface area contributed by atoms with E-state index in [2.05, 4.69) is 37.1 Å². The molecule has 0 aromatic carbocycles. The van der Waals surface area contributed by atoms with Crippen molar-refractivity contribution in [3.8, 4) is 5.88 Å². The SMILES string of the molecule is CCCCCOc1nc(C)cc(C)c1CNCC. The number of aromatic nitrogens is 1. The molecule has 18 heavy (non-hydrogen) atoms. The van der Waals surface area contributed by atoms with Gasteiger partial charge in [0.05, 0.1) is 6.61 Å². The molecule has 3 nitrogen and oxygen atoms in total. The molecule has 0 aliphatic heterocycles. The van der Waals surface area contributed by atoms with Gasteiger partial charge in [0.2, 0.25) is 5.88 Å². The molecule has 0 atom stereocenters. The fourth-order valence-electron chi connectivity index (χ4n) is 1.93.